The lowest BCUT2D eigenvalue weighted by Crippen LogP contribution is -2.08. The molecule has 0 saturated heterocycles. The van der Waals surface area contributed by atoms with Crippen LogP contribution in [-0.4, -0.2) is 9.55 Å². The zero-order valence-corrected chi connectivity index (χ0v) is 11.5. The number of hydrogen-bond donors (Lipinski definition) is 0. The summed E-state index contributed by atoms with van der Waals surface area (Å²) in [6.45, 7) is 2.20. The van der Waals surface area contributed by atoms with Crippen LogP contribution >= 0.6 is 15.9 Å². The molecule has 0 saturated carbocycles. The highest BCUT2D eigenvalue weighted by atomic mass is 79.9. The molecule has 2 nitrogen and oxygen atoms in total. The van der Waals surface area contributed by atoms with Crippen molar-refractivity contribution in [3.05, 3.63) is 52.0 Å². The van der Waals surface area contributed by atoms with Crippen LogP contribution in [0.25, 0.3) is 0 Å². The van der Waals surface area contributed by atoms with Crippen LogP contribution in [-0.2, 0) is 13.0 Å². The van der Waals surface area contributed by atoms with Crippen LogP contribution in [0.1, 0.15) is 24.7 Å². The van der Waals surface area contributed by atoms with E-state index in [4.69, 9.17) is 0 Å². The molecule has 1 aromatic carbocycles. The monoisotopic (exact) mass is 314 g/mol. The maximum Gasteiger partial charge on any atom is 0.145 e. The predicted molar refractivity (Wildman–Crippen MR) is 69.4 cm³/mol. The Bertz CT molecular complexity index is 552. The molecule has 2 aromatic rings. The molecule has 0 atom stereocenters. The summed E-state index contributed by atoms with van der Waals surface area (Å²) >= 11 is 3.07. The van der Waals surface area contributed by atoms with Crippen molar-refractivity contribution < 1.29 is 8.78 Å². The van der Waals surface area contributed by atoms with E-state index in [1.165, 1.54) is 12.1 Å². The standard InChI is InChI=1S/C13H13BrF2N2/c1-2-3-12-17-6-7-18(12)8-9-11(15)5-4-10(14)13(9)16/h4-7H,2-3,8H2,1H3. The van der Waals surface area contributed by atoms with Gasteiger partial charge in [-0.2, -0.15) is 0 Å². The summed E-state index contributed by atoms with van der Waals surface area (Å²) in [5.41, 5.74) is 0.0553. The lowest BCUT2D eigenvalue weighted by molar-refractivity contribution is 0.536. The summed E-state index contributed by atoms with van der Waals surface area (Å²) in [7, 11) is 0. The highest BCUT2D eigenvalue weighted by Crippen LogP contribution is 2.22. The van der Waals surface area contributed by atoms with Crippen LogP contribution < -0.4 is 0 Å². The Balaban J connectivity index is 2.34. The van der Waals surface area contributed by atoms with Gasteiger partial charge in [-0.15, -0.1) is 0 Å². The van der Waals surface area contributed by atoms with Crippen LogP contribution in [0, 0.1) is 11.6 Å². The van der Waals surface area contributed by atoms with E-state index in [-0.39, 0.29) is 16.6 Å². The Labute approximate surface area is 113 Å². The van der Waals surface area contributed by atoms with E-state index in [1.807, 2.05) is 6.92 Å². The van der Waals surface area contributed by atoms with Crippen LogP contribution in [0.3, 0.4) is 0 Å². The van der Waals surface area contributed by atoms with Gasteiger partial charge >= 0.3 is 0 Å². The molecule has 1 heterocycles. The molecule has 0 aliphatic heterocycles. The van der Waals surface area contributed by atoms with E-state index >= 15 is 0 Å². The lowest BCUT2D eigenvalue weighted by atomic mass is 10.2. The number of aromatic nitrogens is 2. The van der Waals surface area contributed by atoms with Crippen molar-refractivity contribution >= 4 is 15.9 Å². The second kappa shape index (κ2) is 5.61. The topological polar surface area (TPSA) is 17.8 Å². The average molecular weight is 315 g/mol. The number of aryl methyl sites for hydroxylation is 1. The Morgan fingerprint density at radius 1 is 1.33 bits per heavy atom. The number of benzene rings is 1. The summed E-state index contributed by atoms with van der Waals surface area (Å²) in [6.07, 6.45) is 5.13. The molecule has 2 rings (SSSR count). The van der Waals surface area contributed by atoms with Gasteiger partial charge in [-0.05, 0) is 34.5 Å². The second-order valence-corrected chi connectivity index (χ2v) is 4.90. The summed E-state index contributed by atoms with van der Waals surface area (Å²) in [5, 5.41) is 0. The molecule has 0 radical (unpaired) electrons. The van der Waals surface area contributed by atoms with Gasteiger partial charge in [-0.3, -0.25) is 0 Å². The average Bonchev–Trinajstić information content (AvgIpc) is 2.78. The smallest absolute Gasteiger partial charge is 0.145 e. The van der Waals surface area contributed by atoms with E-state index < -0.39 is 11.6 Å². The number of rotatable bonds is 4. The molecule has 0 aliphatic rings. The zero-order valence-electron chi connectivity index (χ0n) is 9.96. The van der Waals surface area contributed by atoms with Gasteiger partial charge in [0.2, 0.25) is 0 Å². The third kappa shape index (κ3) is 2.61. The van der Waals surface area contributed by atoms with Gasteiger partial charge in [0, 0.05) is 24.4 Å². The number of hydrogen-bond acceptors (Lipinski definition) is 1. The molecule has 96 valence electrons. The highest BCUT2D eigenvalue weighted by molar-refractivity contribution is 9.10. The first kappa shape index (κ1) is 13.2. The normalized spacial score (nSPS) is 10.9. The Hall–Kier alpha value is -1.23. The Morgan fingerprint density at radius 3 is 2.83 bits per heavy atom. The summed E-state index contributed by atoms with van der Waals surface area (Å²) in [4.78, 5) is 4.19. The van der Waals surface area contributed by atoms with Crippen LogP contribution in [0.5, 0.6) is 0 Å². The molecule has 0 amide bonds. The van der Waals surface area contributed by atoms with Gasteiger partial charge in [0.1, 0.15) is 17.5 Å². The molecule has 18 heavy (non-hydrogen) atoms. The van der Waals surface area contributed by atoms with E-state index in [2.05, 4.69) is 20.9 Å². The fourth-order valence-corrected chi connectivity index (χ4v) is 2.19. The summed E-state index contributed by atoms with van der Waals surface area (Å²) < 4.78 is 29.5. The van der Waals surface area contributed by atoms with E-state index in [0.717, 1.165) is 18.7 Å². The number of nitrogens with zero attached hydrogens (tertiary/aromatic N) is 2. The molecule has 5 heteroatoms. The van der Waals surface area contributed by atoms with Crippen molar-refractivity contribution in [3.8, 4) is 0 Å². The number of imidazole rings is 1. The molecule has 0 spiro atoms. The first-order chi connectivity index (χ1) is 8.63. The van der Waals surface area contributed by atoms with Crippen LogP contribution in [0.4, 0.5) is 8.78 Å². The van der Waals surface area contributed by atoms with E-state index in [0.29, 0.717) is 0 Å². The molecule has 0 aliphatic carbocycles. The van der Waals surface area contributed by atoms with Crippen molar-refractivity contribution in [1.29, 1.82) is 0 Å². The van der Waals surface area contributed by atoms with Gasteiger partial charge in [-0.25, -0.2) is 13.8 Å². The fourth-order valence-electron chi connectivity index (χ4n) is 1.82. The highest BCUT2D eigenvalue weighted by Gasteiger charge is 2.14. The molecular weight excluding hydrogens is 302 g/mol. The van der Waals surface area contributed by atoms with Gasteiger partial charge in [0.25, 0.3) is 0 Å². The molecule has 1 aromatic heterocycles. The van der Waals surface area contributed by atoms with Crippen LogP contribution in [0.15, 0.2) is 29.0 Å². The molecule has 0 bridgehead atoms. The van der Waals surface area contributed by atoms with Crippen molar-refractivity contribution in [2.45, 2.75) is 26.3 Å². The first-order valence-corrected chi connectivity index (χ1v) is 6.55. The Morgan fingerprint density at radius 2 is 2.11 bits per heavy atom. The minimum Gasteiger partial charge on any atom is -0.330 e. The van der Waals surface area contributed by atoms with Gasteiger partial charge in [0.15, 0.2) is 0 Å². The van der Waals surface area contributed by atoms with Crippen molar-refractivity contribution in [2.75, 3.05) is 0 Å². The third-order valence-corrected chi connectivity index (χ3v) is 3.36. The van der Waals surface area contributed by atoms with E-state index in [9.17, 15) is 8.78 Å². The first-order valence-electron chi connectivity index (χ1n) is 5.76. The number of halogens is 3. The van der Waals surface area contributed by atoms with Gasteiger partial charge in [0.05, 0.1) is 11.0 Å². The lowest BCUT2D eigenvalue weighted by Gasteiger charge is -2.10. The Kier molecular flexibility index (Phi) is 4.11. The fraction of sp³-hybridized carbons (Fsp3) is 0.308. The molecule has 0 unspecified atom stereocenters. The van der Waals surface area contributed by atoms with Crippen molar-refractivity contribution in [3.63, 3.8) is 0 Å². The molecular formula is C13H13BrF2N2. The summed E-state index contributed by atoms with van der Waals surface area (Å²) in [6, 6.07) is 2.63. The predicted octanol–water partition coefficient (Wildman–Crippen LogP) is 3.92. The largest absolute Gasteiger partial charge is 0.330 e. The van der Waals surface area contributed by atoms with Gasteiger partial charge in [-0.1, -0.05) is 6.92 Å². The third-order valence-electron chi connectivity index (χ3n) is 2.74. The minimum absolute atomic E-state index is 0.0553. The van der Waals surface area contributed by atoms with Crippen molar-refractivity contribution in [1.82, 2.24) is 9.55 Å². The second-order valence-electron chi connectivity index (χ2n) is 4.04. The quantitative estimate of drug-likeness (QED) is 0.782. The van der Waals surface area contributed by atoms with Crippen LogP contribution in [0.2, 0.25) is 0 Å². The molecule has 0 fully saturated rings. The maximum absolute atomic E-state index is 13.9. The van der Waals surface area contributed by atoms with E-state index in [1.54, 1.807) is 17.0 Å². The summed E-state index contributed by atoms with van der Waals surface area (Å²) in [5.74, 6) is -0.241. The van der Waals surface area contributed by atoms with Crippen molar-refractivity contribution in [2.24, 2.45) is 0 Å². The molecule has 0 N–H and O–H groups in total. The maximum atomic E-state index is 13.9. The van der Waals surface area contributed by atoms with Gasteiger partial charge < -0.3 is 4.57 Å². The minimum atomic E-state index is -0.550. The SMILES string of the molecule is CCCc1nccn1Cc1c(F)ccc(Br)c1F. The zero-order chi connectivity index (χ0) is 13.1.